The van der Waals surface area contributed by atoms with Gasteiger partial charge in [-0.3, -0.25) is 14.4 Å². The molecule has 2 rings (SSSR count). The number of amides is 2. The van der Waals surface area contributed by atoms with E-state index in [1.807, 2.05) is 0 Å². The third-order valence-electron chi connectivity index (χ3n) is 4.29. The zero-order valence-corrected chi connectivity index (χ0v) is 17.7. The SMILES string of the molecule is COCCOC(=O)CCC(=O)NC(=S)Nc1ccccc1C(=O)NC[C@@H]1CCCO1. The summed E-state index contributed by atoms with van der Waals surface area (Å²) in [5, 5.41) is 8.23. The van der Waals surface area contributed by atoms with Crippen LogP contribution in [0.1, 0.15) is 36.0 Å². The maximum absolute atomic E-state index is 12.5. The predicted molar refractivity (Wildman–Crippen MR) is 114 cm³/mol. The van der Waals surface area contributed by atoms with Crippen molar-refractivity contribution in [1.82, 2.24) is 10.6 Å². The number of ether oxygens (including phenoxy) is 3. The molecular formula is C20H27N3O6S. The van der Waals surface area contributed by atoms with E-state index < -0.39 is 11.9 Å². The van der Waals surface area contributed by atoms with Crippen LogP contribution in [0, 0.1) is 0 Å². The number of nitrogens with one attached hydrogen (secondary N) is 3. The Kier molecular flexibility index (Phi) is 10.2. The summed E-state index contributed by atoms with van der Waals surface area (Å²) in [7, 11) is 1.50. The number of methoxy groups -OCH3 is 1. The summed E-state index contributed by atoms with van der Waals surface area (Å²) in [6.45, 7) is 1.60. The first-order chi connectivity index (χ1) is 14.5. The lowest BCUT2D eigenvalue weighted by Gasteiger charge is -2.15. The average molecular weight is 438 g/mol. The third kappa shape index (κ3) is 8.44. The molecule has 0 saturated carbocycles. The zero-order chi connectivity index (χ0) is 21.8. The number of thiocarbonyl (C=S) groups is 1. The molecule has 1 aliphatic heterocycles. The highest BCUT2D eigenvalue weighted by atomic mass is 32.1. The van der Waals surface area contributed by atoms with Gasteiger partial charge in [-0.2, -0.15) is 0 Å². The number of anilines is 1. The van der Waals surface area contributed by atoms with Gasteiger partial charge in [-0.05, 0) is 37.2 Å². The van der Waals surface area contributed by atoms with Crippen molar-refractivity contribution in [3.8, 4) is 0 Å². The van der Waals surface area contributed by atoms with Crippen LogP contribution >= 0.6 is 12.2 Å². The van der Waals surface area contributed by atoms with E-state index in [4.69, 9.17) is 26.4 Å². The Morgan fingerprint density at radius 2 is 2.00 bits per heavy atom. The van der Waals surface area contributed by atoms with Crippen LogP contribution < -0.4 is 16.0 Å². The molecule has 0 aliphatic carbocycles. The number of hydrogen-bond acceptors (Lipinski definition) is 7. The Bertz CT molecular complexity index is 752. The van der Waals surface area contributed by atoms with Crippen molar-refractivity contribution in [3.63, 3.8) is 0 Å². The highest BCUT2D eigenvalue weighted by Gasteiger charge is 2.18. The van der Waals surface area contributed by atoms with Gasteiger partial charge in [-0.15, -0.1) is 0 Å². The van der Waals surface area contributed by atoms with Gasteiger partial charge in [0.15, 0.2) is 5.11 Å². The second kappa shape index (κ2) is 12.9. The normalized spacial score (nSPS) is 15.3. The summed E-state index contributed by atoms with van der Waals surface area (Å²) in [5.74, 6) is -1.19. The highest BCUT2D eigenvalue weighted by molar-refractivity contribution is 7.80. The Balaban J connectivity index is 1.79. The van der Waals surface area contributed by atoms with Gasteiger partial charge in [0, 0.05) is 26.7 Å². The van der Waals surface area contributed by atoms with E-state index in [9.17, 15) is 14.4 Å². The Hall–Kier alpha value is -2.56. The molecule has 0 radical (unpaired) electrons. The monoisotopic (exact) mass is 437 g/mol. The van der Waals surface area contributed by atoms with Gasteiger partial charge >= 0.3 is 5.97 Å². The quantitative estimate of drug-likeness (QED) is 0.286. The standard InChI is InChI=1S/C20H27N3O6S/c1-27-11-12-29-18(25)9-8-17(24)23-20(30)22-16-7-3-2-6-15(16)19(26)21-13-14-5-4-10-28-14/h2-3,6-7,14H,4-5,8-13H2,1H3,(H,21,26)(H2,22,23,24,30)/t14-/m0/s1. The van der Waals surface area contributed by atoms with Gasteiger partial charge in [0.2, 0.25) is 5.91 Å². The average Bonchev–Trinajstić information content (AvgIpc) is 3.25. The maximum atomic E-state index is 12.5. The molecule has 0 spiro atoms. The van der Waals surface area contributed by atoms with Gasteiger partial charge < -0.3 is 30.2 Å². The molecule has 3 N–H and O–H groups in total. The molecule has 0 bridgehead atoms. The third-order valence-corrected chi connectivity index (χ3v) is 4.50. The summed E-state index contributed by atoms with van der Waals surface area (Å²) in [6.07, 6.45) is 1.82. The molecule has 1 aromatic rings. The molecule has 0 aromatic heterocycles. The fourth-order valence-electron chi connectivity index (χ4n) is 2.77. The minimum Gasteiger partial charge on any atom is -0.463 e. The summed E-state index contributed by atoms with van der Waals surface area (Å²) < 4.78 is 15.2. The van der Waals surface area contributed by atoms with Crippen LogP contribution in [0.2, 0.25) is 0 Å². The molecule has 10 heteroatoms. The van der Waals surface area contributed by atoms with E-state index >= 15 is 0 Å². The molecule has 1 aliphatic rings. The summed E-state index contributed by atoms with van der Waals surface area (Å²) in [6, 6.07) is 6.84. The number of benzene rings is 1. The molecule has 30 heavy (non-hydrogen) atoms. The highest BCUT2D eigenvalue weighted by Crippen LogP contribution is 2.16. The van der Waals surface area contributed by atoms with E-state index in [1.54, 1.807) is 24.3 Å². The molecule has 164 valence electrons. The largest absolute Gasteiger partial charge is 0.463 e. The van der Waals surface area contributed by atoms with Crippen LogP contribution in [0.4, 0.5) is 5.69 Å². The Morgan fingerprint density at radius 3 is 2.73 bits per heavy atom. The zero-order valence-electron chi connectivity index (χ0n) is 16.9. The van der Waals surface area contributed by atoms with Crippen LogP contribution in [-0.4, -0.2) is 62.5 Å². The fraction of sp³-hybridized carbons (Fsp3) is 0.500. The second-order valence-electron chi connectivity index (χ2n) is 6.61. The molecular weight excluding hydrogens is 410 g/mol. The topological polar surface area (TPSA) is 115 Å². The molecule has 1 atom stereocenters. The molecule has 0 unspecified atom stereocenters. The molecule has 1 saturated heterocycles. The van der Waals surface area contributed by atoms with E-state index in [1.165, 1.54) is 7.11 Å². The first-order valence-electron chi connectivity index (χ1n) is 9.74. The number of carbonyl (C=O) groups is 3. The van der Waals surface area contributed by atoms with Crippen molar-refractivity contribution in [2.24, 2.45) is 0 Å². The van der Waals surface area contributed by atoms with Crippen molar-refractivity contribution >= 4 is 40.8 Å². The summed E-state index contributed by atoms with van der Waals surface area (Å²) >= 11 is 5.15. The van der Waals surface area contributed by atoms with Crippen LogP contribution in [0.25, 0.3) is 0 Å². The molecule has 1 fully saturated rings. The van der Waals surface area contributed by atoms with Crippen LogP contribution in [0.15, 0.2) is 24.3 Å². The van der Waals surface area contributed by atoms with Crippen molar-refractivity contribution in [3.05, 3.63) is 29.8 Å². The Morgan fingerprint density at radius 1 is 1.20 bits per heavy atom. The molecule has 9 nitrogen and oxygen atoms in total. The maximum Gasteiger partial charge on any atom is 0.306 e. The summed E-state index contributed by atoms with van der Waals surface area (Å²) in [5.41, 5.74) is 0.862. The van der Waals surface area contributed by atoms with Crippen molar-refractivity contribution < 1.29 is 28.6 Å². The van der Waals surface area contributed by atoms with Crippen LogP contribution in [0.5, 0.6) is 0 Å². The number of esters is 1. The van der Waals surface area contributed by atoms with E-state index in [0.717, 1.165) is 19.4 Å². The summed E-state index contributed by atoms with van der Waals surface area (Å²) in [4.78, 5) is 36.0. The minimum atomic E-state index is -0.491. The first-order valence-corrected chi connectivity index (χ1v) is 10.1. The Labute approximate surface area is 180 Å². The van der Waals surface area contributed by atoms with Crippen molar-refractivity contribution in [2.75, 3.05) is 38.8 Å². The lowest BCUT2D eigenvalue weighted by Crippen LogP contribution is -2.36. The van der Waals surface area contributed by atoms with Gasteiger partial charge in [0.25, 0.3) is 5.91 Å². The van der Waals surface area contributed by atoms with Gasteiger partial charge in [-0.25, -0.2) is 0 Å². The van der Waals surface area contributed by atoms with Crippen LogP contribution in [-0.2, 0) is 23.8 Å². The lowest BCUT2D eigenvalue weighted by molar-refractivity contribution is -0.146. The molecule has 1 heterocycles. The first kappa shape index (κ1) is 23.7. The van der Waals surface area contributed by atoms with Crippen LogP contribution in [0.3, 0.4) is 0 Å². The van der Waals surface area contributed by atoms with E-state index in [0.29, 0.717) is 24.4 Å². The van der Waals surface area contributed by atoms with E-state index in [2.05, 4.69) is 16.0 Å². The van der Waals surface area contributed by atoms with Gasteiger partial charge in [-0.1, -0.05) is 12.1 Å². The number of para-hydroxylation sites is 1. The van der Waals surface area contributed by atoms with E-state index in [-0.39, 0.29) is 36.6 Å². The number of rotatable bonds is 10. The molecule has 2 amide bonds. The van der Waals surface area contributed by atoms with Gasteiger partial charge in [0.05, 0.1) is 30.4 Å². The second-order valence-corrected chi connectivity index (χ2v) is 7.01. The number of carbonyl (C=O) groups excluding carboxylic acids is 3. The lowest BCUT2D eigenvalue weighted by atomic mass is 10.1. The van der Waals surface area contributed by atoms with Crippen molar-refractivity contribution in [2.45, 2.75) is 31.8 Å². The number of hydrogen-bond donors (Lipinski definition) is 3. The smallest absolute Gasteiger partial charge is 0.306 e. The predicted octanol–water partition coefficient (Wildman–Crippen LogP) is 1.38. The van der Waals surface area contributed by atoms with Crippen molar-refractivity contribution in [1.29, 1.82) is 0 Å². The van der Waals surface area contributed by atoms with Gasteiger partial charge in [0.1, 0.15) is 6.61 Å². The minimum absolute atomic E-state index is 0.0344. The molecule has 1 aromatic carbocycles. The fourth-order valence-corrected chi connectivity index (χ4v) is 2.99.